The van der Waals surface area contributed by atoms with Gasteiger partial charge < -0.3 is 20.3 Å². The molecular formula is C24H30N10O. The van der Waals surface area contributed by atoms with E-state index in [4.69, 9.17) is 11.3 Å². The average molecular weight is 475 g/mol. The fraction of sp³-hybridized carbons (Fsp3) is 0.500. The van der Waals surface area contributed by atoms with Gasteiger partial charge in [0.25, 0.3) is 0 Å². The molecule has 11 heteroatoms. The lowest BCUT2D eigenvalue weighted by Gasteiger charge is -2.44. The lowest BCUT2D eigenvalue weighted by atomic mass is 9.83. The first-order chi connectivity index (χ1) is 17.2. The molecule has 0 spiro atoms. The van der Waals surface area contributed by atoms with Gasteiger partial charge in [-0.05, 0) is 80.2 Å². The molecule has 2 aromatic heterocycles. The molecule has 0 amide bonds. The number of methoxy groups -OCH3 is 1. The minimum absolute atomic E-state index is 0.410. The summed E-state index contributed by atoms with van der Waals surface area (Å²) >= 11 is 0. The molecule has 2 saturated heterocycles. The van der Waals surface area contributed by atoms with Crippen molar-refractivity contribution in [3.8, 4) is 11.4 Å². The Balaban J connectivity index is 1.34. The molecule has 2 atom stereocenters. The minimum atomic E-state index is 0.410. The molecule has 2 fully saturated rings. The molecule has 5 rings (SSSR count). The minimum Gasteiger partial charge on any atom is -0.494 e. The van der Waals surface area contributed by atoms with Crippen molar-refractivity contribution < 1.29 is 4.74 Å². The highest BCUT2D eigenvalue weighted by Gasteiger charge is 2.32. The van der Waals surface area contributed by atoms with Crippen molar-refractivity contribution in [3.05, 3.63) is 41.6 Å². The van der Waals surface area contributed by atoms with Crippen molar-refractivity contribution >= 4 is 23.1 Å². The SMILES string of the molecule is [C-]#[N+]c1cnc(Nc2ccc(OC)c(-n3nnnc3C)c2)nc1NC[C@@H]1CCCN2CCCC[C@H]12. The number of nitrogens with one attached hydrogen (secondary N) is 2. The lowest BCUT2D eigenvalue weighted by Crippen LogP contribution is -2.49. The molecule has 0 aliphatic carbocycles. The number of hydrogen-bond acceptors (Lipinski definition) is 9. The molecule has 3 aromatic rings. The predicted molar refractivity (Wildman–Crippen MR) is 132 cm³/mol. The molecule has 11 nitrogen and oxygen atoms in total. The Labute approximate surface area is 204 Å². The molecule has 2 N–H and O–H groups in total. The number of anilines is 3. The second-order valence-electron chi connectivity index (χ2n) is 9.07. The number of aryl methyl sites for hydroxylation is 1. The second kappa shape index (κ2) is 10.2. The van der Waals surface area contributed by atoms with E-state index in [1.807, 2.05) is 25.1 Å². The van der Waals surface area contributed by atoms with Crippen molar-refractivity contribution in [1.82, 2.24) is 35.1 Å². The van der Waals surface area contributed by atoms with Gasteiger partial charge in [0.1, 0.15) is 17.3 Å². The molecule has 1 aromatic carbocycles. The number of piperidine rings is 2. The van der Waals surface area contributed by atoms with E-state index >= 15 is 0 Å². The predicted octanol–water partition coefficient (Wildman–Crippen LogP) is 3.74. The average Bonchev–Trinajstić information content (AvgIpc) is 3.33. The van der Waals surface area contributed by atoms with Crippen LogP contribution in [0.2, 0.25) is 0 Å². The molecule has 182 valence electrons. The summed E-state index contributed by atoms with van der Waals surface area (Å²) in [6.45, 7) is 12.6. The maximum atomic E-state index is 7.56. The number of tetrazole rings is 1. The molecule has 2 aliphatic heterocycles. The summed E-state index contributed by atoms with van der Waals surface area (Å²) in [6.07, 6.45) is 7.88. The van der Waals surface area contributed by atoms with Crippen LogP contribution in [0.15, 0.2) is 24.4 Å². The van der Waals surface area contributed by atoms with Gasteiger partial charge in [-0.3, -0.25) is 0 Å². The summed E-state index contributed by atoms with van der Waals surface area (Å²) in [5.41, 5.74) is 1.87. The van der Waals surface area contributed by atoms with Crippen LogP contribution < -0.4 is 15.4 Å². The molecular weight excluding hydrogens is 444 g/mol. The van der Waals surface area contributed by atoms with Gasteiger partial charge in [-0.25, -0.2) is 14.8 Å². The molecule has 4 heterocycles. The van der Waals surface area contributed by atoms with Gasteiger partial charge in [0.15, 0.2) is 5.82 Å². The second-order valence-corrected chi connectivity index (χ2v) is 9.07. The summed E-state index contributed by atoms with van der Waals surface area (Å²) in [5.74, 6) is 2.83. The molecule has 0 saturated carbocycles. The van der Waals surface area contributed by atoms with Gasteiger partial charge in [-0.2, -0.15) is 4.68 Å². The summed E-state index contributed by atoms with van der Waals surface area (Å²) < 4.78 is 7.09. The largest absolute Gasteiger partial charge is 0.494 e. The van der Waals surface area contributed by atoms with E-state index in [0.717, 1.165) is 12.2 Å². The van der Waals surface area contributed by atoms with E-state index in [0.29, 0.717) is 46.7 Å². The molecule has 0 radical (unpaired) electrons. The first-order valence-corrected chi connectivity index (χ1v) is 12.1. The number of aromatic nitrogens is 6. The fourth-order valence-electron chi connectivity index (χ4n) is 5.21. The summed E-state index contributed by atoms with van der Waals surface area (Å²) in [5, 5.41) is 18.4. The standard InChI is InChI=1S/C24H30N10O/c1-16-30-31-32-34(16)21-13-18(9-10-22(21)35-3)28-24-27-15-19(25-2)23(29-24)26-14-17-7-6-12-33-11-5-4-8-20(17)33/h9-10,13,15,17,20H,4-8,11-12,14H2,1,3H3,(H2,26,27,28,29)/t17-,20+/m0/s1. The first-order valence-electron chi connectivity index (χ1n) is 12.1. The zero-order valence-electron chi connectivity index (χ0n) is 20.1. The number of ether oxygens (including phenoxy) is 1. The van der Waals surface area contributed by atoms with Crippen molar-refractivity contribution in [3.63, 3.8) is 0 Å². The quantitative estimate of drug-likeness (QED) is 0.495. The third-order valence-electron chi connectivity index (χ3n) is 6.94. The smallest absolute Gasteiger partial charge is 0.246 e. The van der Waals surface area contributed by atoms with Gasteiger partial charge >= 0.3 is 0 Å². The highest BCUT2D eigenvalue weighted by molar-refractivity contribution is 5.68. The van der Waals surface area contributed by atoms with E-state index in [-0.39, 0.29) is 0 Å². The third kappa shape index (κ3) is 4.88. The van der Waals surface area contributed by atoms with Gasteiger partial charge in [0.2, 0.25) is 11.6 Å². The first kappa shape index (κ1) is 23.0. The van der Waals surface area contributed by atoms with Crippen LogP contribution in [0.5, 0.6) is 5.75 Å². The fourth-order valence-corrected chi connectivity index (χ4v) is 5.21. The van der Waals surface area contributed by atoms with E-state index in [2.05, 4.69) is 45.9 Å². The molecule has 2 aliphatic rings. The summed E-state index contributed by atoms with van der Waals surface area (Å²) in [4.78, 5) is 15.3. The Bertz CT molecular complexity index is 1220. The van der Waals surface area contributed by atoms with Crippen molar-refractivity contribution in [2.75, 3.05) is 37.4 Å². The van der Waals surface area contributed by atoms with Crippen LogP contribution in [0.25, 0.3) is 10.5 Å². The topological polar surface area (TPSA) is 110 Å². The van der Waals surface area contributed by atoms with E-state index < -0.39 is 0 Å². The van der Waals surface area contributed by atoms with Crippen LogP contribution >= 0.6 is 0 Å². The Hall–Kier alpha value is -3.78. The highest BCUT2D eigenvalue weighted by Crippen LogP contribution is 2.33. The zero-order chi connectivity index (χ0) is 24.2. The number of nitrogens with zero attached hydrogens (tertiary/aromatic N) is 8. The van der Waals surface area contributed by atoms with Crippen molar-refractivity contribution in [2.45, 2.75) is 45.1 Å². The number of fused-ring (bicyclic) bond motifs is 1. The normalized spacial score (nSPS) is 20.0. The van der Waals surface area contributed by atoms with Crippen LogP contribution in [-0.4, -0.2) is 67.9 Å². The number of rotatable bonds is 7. The Morgan fingerprint density at radius 3 is 2.89 bits per heavy atom. The van der Waals surface area contributed by atoms with Gasteiger partial charge in [0, 0.05) is 24.5 Å². The van der Waals surface area contributed by atoms with Crippen LogP contribution in [0.1, 0.15) is 37.9 Å². The van der Waals surface area contributed by atoms with Crippen LogP contribution in [0.3, 0.4) is 0 Å². The van der Waals surface area contributed by atoms with E-state index in [1.54, 1.807) is 18.0 Å². The van der Waals surface area contributed by atoms with Gasteiger partial charge in [0.05, 0.1) is 13.7 Å². The van der Waals surface area contributed by atoms with E-state index in [9.17, 15) is 0 Å². The van der Waals surface area contributed by atoms with Crippen molar-refractivity contribution in [2.24, 2.45) is 5.92 Å². The van der Waals surface area contributed by atoms with Crippen LogP contribution in [-0.2, 0) is 0 Å². The van der Waals surface area contributed by atoms with Crippen molar-refractivity contribution in [1.29, 1.82) is 0 Å². The van der Waals surface area contributed by atoms with Crippen LogP contribution in [0, 0.1) is 19.4 Å². The summed E-state index contributed by atoms with van der Waals surface area (Å²) in [6, 6.07) is 6.22. The molecule has 0 bridgehead atoms. The Morgan fingerprint density at radius 2 is 2.09 bits per heavy atom. The molecule has 35 heavy (non-hydrogen) atoms. The zero-order valence-corrected chi connectivity index (χ0v) is 20.1. The lowest BCUT2D eigenvalue weighted by molar-refractivity contribution is 0.0649. The number of hydrogen-bond donors (Lipinski definition) is 2. The molecule has 0 unspecified atom stereocenters. The monoisotopic (exact) mass is 474 g/mol. The maximum Gasteiger partial charge on any atom is 0.246 e. The summed E-state index contributed by atoms with van der Waals surface area (Å²) in [7, 11) is 1.61. The highest BCUT2D eigenvalue weighted by atomic mass is 16.5. The third-order valence-corrected chi connectivity index (χ3v) is 6.94. The van der Waals surface area contributed by atoms with Crippen LogP contribution in [0.4, 0.5) is 23.1 Å². The maximum absolute atomic E-state index is 7.56. The Kier molecular flexibility index (Phi) is 6.72. The van der Waals surface area contributed by atoms with E-state index in [1.165, 1.54) is 45.2 Å². The Morgan fingerprint density at radius 1 is 1.20 bits per heavy atom. The number of benzene rings is 1. The van der Waals surface area contributed by atoms with Gasteiger partial charge in [-0.1, -0.05) is 6.42 Å². The van der Waals surface area contributed by atoms with Gasteiger partial charge in [-0.15, -0.1) is 5.10 Å².